The molecule has 2 atom stereocenters. The van der Waals surface area contributed by atoms with E-state index < -0.39 is 6.04 Å². The first-order valence-electron chi connectivity index (χ1n) is 12.7. The van der Waals surface area contributed by atoms with Crippen molar-refractivity contribution in [3.63, 3.8) is 0 Å². The third-order valence-corrected chi connectivity index (χ3v) is 7.07. The molecule has 0 saturated carbocycles. The fourth-order valence-electron chi connectivity index (χ4n) is 5.05. The Bertz CT molecular complexity index is 1240. The van der Waals surface area contributed by atoms with E-state index in [2.05, 4.69) is 27.3 Å². The van der Waals surface area contributed by atoms with Gasteiger partial charge in [0.2, 0.25) is 5.91 Å². The molecule has 0 spiro atoms. The number of amides is 1. The summed E-state index contributed by atoms with van der Waals surface area (Å²) in [5.41, 5.74) is 3.46. The summed E-state index contributed by atoms with van der Waals surface area (Å²) < 4.78 is 6.30. The van der Waals surface area contributed by atoms with Gasteiger partial charge in [0.1, 0.15) is 12.0 Å². The fraction of sp³-hybridized carbons (Fsp3) is 0.379. The normalized spacial score (nSPS) is 16.1. The number of hydrogen-bond donors (Lipinski definition) is 1. The second-order valence-electron chi connectivity index (χ2n) is 9.49. The number of likely N-dealkylation sites (N-methyl/N-ethyl adjacent to an activating group) is 2. The van der Waals surface area contributed by atoms with Crippen molar-refractivity contribution in [2.75, 3.05) is 38.7 Å². The molecule has 4 rings (SSSR count). The van der Waals surface area contributed by atoms with Gasteiger partial charge < -0.3 is 19.7 Å². The highest BCUT2D eigenvalue weighted by Gasteiger charge is 2.26. The monoisotopic (exact) mass is 502 g/mol. The molecule has 0 bridgehead atoms. The first kappa shape index (κ1) is 26.3. The number of carbonyl (C=O) groups is 3. The summed E-state index contributed by atoms with van der Waals surface area (Å²) in [6, 6.07) is 15.2. The Balaban J connectivity index is 1.45. The highest BCUT2D eigenvalue weighted by atomic mass is 16.5. The first-order chi connectivity index (χ1) is 18.0. The lowest BCUT2D eigenvalue weighted by atomic mass is 10.0. The number of aromatic nitrogens is 1. The van der Waals surface area contributed by atoms with Gasteiger partial charge in [-0.15, -0.1) is 0 Å². The average Bonchev–Trinajstić information content (AvgIpc) is 3.41. The van der Waals surface area contributed by atoms with Gasteiger partial charge in [-0.1, -0.05) is 30.3 Å². The van der Waals surface area contributed by atoms with E-state index in [-0.39, 0.29) is 12.3 Å². The van der Waals surface area contributed by atoms with E-state index >= 15 is 0 Å². The molecule has 37 heavy (non-hydrogen) atoms. The molecule has 8 nitrogen and oxygen atoms in total. The maximum Gasteiger partial charge on any atom is 0.237 e. The van der Waals surface area contributed by atoms with Gasteiger partial charge in [-0.05, 0) is 38.1 Å². The molecule has 1 saturated heterocycles. The molecule has 1 aliphatic rings. The number of fused-ring (bicyclic) bond motifs is 1. The van der Waals surface area contributed by atoms with E-state index in [1.807, 2.05) is 48.5 Å². The third-order valence-electron chi connectivity index (χ3n) is 7.07. The van der Waals surface area contributed by atoms with Crippen molar-refractivity contribution in [2.45, 2.75) is 31.8 Å². The molecule has 0 radical (unpaired) electrons. The minimum Gasteiger partial charge on any atom is -0.493 e. The van der Waals surface area contributed by atoms with Crippen molar-refractivity contribution >= 4 is 35.1 Å². The fourth-order valence-corrected chi connectivity index (χ4v) is 5.05. The van der Waals surface area contributed by atoms with Crippen LogP contribution in [0, 0.1) is 5.92 Å². The molecule has 8 heteroatoms. The number of pyridine rings is 1. The lowest BCUT2D eigenvalue weighted by Crippen LogP contribution is -2.43. The van der Waals surface area contributed by atoms with Gasteiger partial charge in [0.05, 0.1) is 18.2 Å². The van der Waals surface area contributed by atoms with Gasteiger partial charge in [-0.25, -0.2) is 0 Å². The molecule has 3 aromatic rings. The molecule has 1 N–H and O–H groups in total. The molecule has 1 aromatic heterocycles. The molecular weight excluding hydrogens is 468 g/mol. The summed E-state index contributed by atoms with van der Waals surface area (Å²) in [6.07, 6.45) is 5.19. The summed E-state index contributed by atoms with van der Waals surface area (Å²) in [5.74, 6) is 0.823. The van der Waals surface area contributed by atoms with E-state index in [1.165, 1.54) is 5.69 Å². The van der Waals surface area contributed by atoms with E-state index in [9.17, 15) is 14.4 Å². The van der Waals surface area contributed by atoms with E-state index in [4.69, 9.17) is 4.74 Å². The minimum absolute atomic E-state index is 0.162. The quantitative estimate of drug-likeness (QED) is 0.379. The van der Waals surface area contributed by atoms with Crippen LogP contribution in [0.2, 0.25) is 0 Å². The maximum atomic E-state index is 12.4. The Morgan fingerprint density at radius 3 is 2.84 bits per heavy atom. The zero-order chi connectivity index (χ0) is 26.2. The van der Waals surface area contributed by atoms with Gasteiger partial charge in [0.25, 0.3) is 0 Å². The predicted octanol–water partition coefficient (Wildman–Crippen LogP) is 3.48. The van der Waals surface area contributed by atoms with E-state index in [0.29, 0.717) is 36.8 Å². The smallest absolute Gasteiger partial charge is 0.237 e. The summed E-state index contributed by atoms with van der Waals surface area (Å²) in [4.78, 5) is 43.9. The maximum absolute atomic E-state index is 12.4. The number of nitrogens with zero attached hydrogens (tertiary/aromatic N) is 3. The van der Waals surface area contributed by atoms with Crippen LogP contribution in [-0.2, 0) is 16.1 Å². The van der Waals surface area contributed by atoms with Crippen LogP contribution in [0.4, 0.5) is 5.69 Å². The van der Waals surface area contributed by atoms with Crippen molar-refractivity contribution in [1.29, 1.82) is 0 Å². The largest absolute Gasteiger partial charge is 0.493 e. The molecule has 1 aliphatic heterocycles. The molecule has 1 fully saturated rings. The number of hydrogen-bond acceptors (Lipinski definition) is 7. The van der Waals surface area contributed by atoms with Gasteiger partial charge in [0.15, 0.2) is 6.29 Å². The highest BCUT2D eigenvalue weighted by molar-refractivity contribution is 5.91. The average molecular weight is 503 g/mol. The Labute approximate surface area is 217 Å². The van der Waals surface area contributed by atoms with Crippen LogP contribution in [0.25, 0.3) is 10.9 Å². The SMILES string of the molecule is CNC(=O)C(CCC=O)N(C)Cc1c(C=O)cccc1OC[C@@H]1CCN(c2ccnc3ccccc23)C1. The minimum atomic E-state index is -0.485. The topological polar surface area (TPSA) is 91.8 Å². The Morgan fingerprint density at radius 1 is 1.22 bits per heavy atom. The number of nitrogens with one attached hydrogen (secondary N) is 1. The predicted molar refractivity (Wildman–Crippen MR) is 144 cm³/mol. The van der Waals surface area contributed by atoms with Crippen molar-refractivity contribution in [2.24, 2.45) is 5.92 Å². The molecule has 1 unspecified atom stereocenters. The number of carbonyl (C=O) groups excluding carboxylic acids is 3. The van der Waals surface area contributed by atoms with E-state index in [0.717, 1.165) is 48.5 Å². The highest BCUT2D eigenvalue weighted by Crippen LogP contribution is 2.31. The Kier molecular flexibility index (Phi) is 8.85. The van der Waals surface area contributed by atoms with Crippen LogP contribution in [0.3, 0.4) is 0 Å². The molecule has 2 aromatic carbocycles. The van der Waals surface area contributed by atoms with Crippen molar-refractivity contribution in [3.8, 4) is 5.75 Å². The van der Waals surface area contributed by atoms with Gasteiger partial charge >= 0.3 is 0 Å². The summed E-state index contributed by atoms with van der Waals surface area (Å²) in [5, 5.41) is 3.82. The number of ether oxygens (including phenoxy) is 1. The summed E-state index contributed by atoms with van der Waals surface area (Å²) in [7, 11) is 3.40. The zero-order valence-corrected chi connectivity index (χ0v) is 21.4. The van der Waals surface area contributed by atoms with E-state index in [1.54, 1.807) is 13.1 Å². The van der Waals surface area contributed by atoms with Gasteiger partial charge in [0, 0.05) is 67.4 Å². The third kappa shape index (κ3) is 6.14. The van der Waals surface area contributed by atoms with Crippen molar-refractivity contribution in [3.05, 3.63) is 65.9 Å². The standard InChI is InChI=1S/C29H34N4O4/c1-30-29(36)27(10-6-16-34)32(2)18-24-22(19-35)7-5-11-28(24)37-20-21-13-15-33(17-21)26-12-14-31-25-9-4-3-8-23(25)26/h3-5,7-9,11-12,14,16,19,21,27H,6,10,13,15,17-18,20H2,1-2H3,(H,30,36)/t21-,27?/m1/s1. The lowest BCUT2D eigenvalue weighted by Gasteiger charge is -2.27. The summed E-state index contributed by atoms with van der Waals surface area (Å²) >= 11 is 0. The number of aldehydes is 2. The van der Waals surface area contributed by atoms with Crippen LogP contribution < -0.4 is 15.0 Å². The second kappa shape index (κ2) is 12.5. The number of anilines is 1. The van der Waals surface area contributed by atoms with Crippen LogP contribution in [0.1, 0.15) is 35.2 Å². The second-order valence-corrected chi connectivity index (χ2v) is 9.49. The van der Waals surface area contributed by atoms with Crippen LogP contribution in [0.5, 0.6) is 5.75 Å². The lowest BCUT2D eigenvalue weighted by molar-refractivity contribution is -0.126. The molecular formula is C29H34N4O4. The summed E-state index contributed by atoms with van der Waals surface area (Å²) in [6.45, 7) is 2.70. The van der Waals surface area contributed by atoms with Crippen molar-refractivity contribution < 1.29 is 19.1 Å². The zero-order valence-electron chi connectivity index (χ0n) is 21.4. The molecule has 2 heterocycles. The van der Waals surface area contributed by atoms with Crippen LogP contribution in [-0.4, -0.2) is 68.2 Å². The molecule has 194 valence electrons. The van der Waals surface area contributed by atoms with Gasteiger partial charge in [-0.2, -0.15) is 0 Å². The Morgan fingerprint density at radius 2 is 2.05 bits per heavy atom. The first-order valence-corrected chi connectivity index (χ1v) is 12.7. The molecule has 1 amide bonds. The molecule has 0 aliphatic carbocycles. The van der Waals surface area contributed by atoms with Crippen LogP contribution in [0.15, 0.2) is 54.7 Å². The number of rotatable bonds is 12. The number of benzene rings is 2. The Hall–Kier alpha value is -3.78. The van der Waals surface area contributed by atoms with Gasteiger partial charge in [-0.3, -0.25) is 19.5 Å². The van der Waals surface area contributed by atoms with Crippen LogP contribution >= 0.6 is 0 Å². The van der Waals surface area contributed by atoms with Crippen molar-refractivity contribution in [1.82, 2.24) is 15.2 Å². The number of para-hydroxylation sites is 1.